The Morgan fingerprint density at radius 2 is 1.68 bits per heavy atom. The van der Waals surface area contributed by atoms with Crippen LogP contribution in [0, 0.1) is 16.7 Å². The summed E-state index contributed by atoms with van der Waals surface area (Å²) in [6, 6.07) is 7.52. The predicted molar refractivity (Wildman–Crippen MR) is 77.3 cm³/mol. The Morgan fingerprint density at radius 3 is 2.11 bits per heavy atom. The average molecular weight is 261 g/mol. The molecule has 0 atom stereocenters. The van der Waals surface area contributed by atoms with Gasteiger partial charge in [0.1, 0.15) is 5.75 Å². The zero-order valence-corrected chi connectivity index (χ0v) is 12.4. The van der Waals surface area contributed by atoms with Gasteiger partial charge < -0.3 is 10.1 Å². The van der Waals surface area contributed by atoms with E-state index in [9.17, 15) is 4.79 Å². The van der Waals surface area contributed by atoms with Crippen molar-refractivity contribution >= 4 is 11.6 Å². The van der Waals surface area contributed by atoms with Crippen molar-refractivity contribution in [3.63, 3.8) is 0 Å². The first kappa shape index (κ1) is 13.9. The minimum atomic E-state index is 0.0718. The molecule has 3 nitrogen and oxygen atoms in total. The third kappa shape index (κ3) is 2.34. The average Bonchev–Trinajstić information content (AvgIpc) is 2.72. The van der Waals surface area contributed by atoms with E-state index in [0.29, 0.717) is 6.61 Å². The Kier molecular flexibility index (Phi) is 3.33. The number of ether oxygens (including phenoxy) is 1. The van der Waals surface area contributed by atoms with Crippen molar-refractivity contribution in [1.29, 1.82) is 0 Å². The Balaban J connectivity index is 2.01. The van der Waals surface area contributed by atoms with Gasteiger partial charge in [-0.15, -0.1) is 0 Å². The molecule has 0 bridgehead atoms. The highest BCUT2D eigenvalue weighted by molar-refractivity contribution is 5.96. The molecule has 1 saturated carbocycles. The first-order valence-corrected chi connectivity index (χ1v) is 6.84. The van der Waals surface area contributed by atoms with Crippen molar-refractivity contribution in [2.24, 2.45) is 16.7 Å². The molecule has 0 unspecified atom stereocenters. The highest BCUT2D eigenvalue weighted by Crippen LogP contribution is 2.68. The number of anilines is 1. The van der Waals surface area contributed by atoms with Crippen LogP contribution in [0.25, 0.3) is 0 Å². The summed E-state index contributed by atoms with van der Waals surface area (Å²) in [7, 11) is 0. The minimum absolute atomic E-state index is 0.0718. The van der Waals surface area contributed by atoms with Crippen LogP contribution in [-0.4, -0.2) is 12.5 Å². The summed E-state index contributed by atoms with van der Waals surface area (Å²) in [5.41, 5.74) is 0.969. The second-order valence-electron chi connectivity index (χ2n) is 6.32. The Morgan fingerprint density at radius 1 is 1.16 bits per heavy atom. The molecule has 0 saturated heterocycles. The molecule has 104 valence electrons. The number of amides is 1. The van der Waals surface area contributed by atoms with Gasteiger partial charge in [-0.3, -0.25) is 4.79 Å². The molecule has 1 aliphatic carbocycles. The van der Waals surface area contributed by atoms with Gasteiger partial charge in [-0.05, 0) is 42.0 Å². The van der Waals surface area contributed by atoms with Crippen LogP contribution in [0.2, 0.25) is 0 Å². The van der Waals surface area contributed by atoms with E-state index in [1.165, 1.54) is 0 Å². The van der Waals surface area contributed by atoms with Crippen molar-refractivity contribution in [2.45, 2.75) is 34.6 Å². The first-order chi connectivity index (χ1) is 8.80. The highest BCUT2D eigenvalue weighted by Gasteiger charge is 2.68. The highest BCUT2D eigenvalue weighted by atomic mass is 16.5. The lowest BCUT2D eigenvalue weighted by atomic mass is 10.0. The van der Waals surface area contributed by atoms with Gasteiger partial charge in [0.15, 0.2) is 0 Å². The lowest BCUT2D eigenvalue weighted by Crippen LogP contribution is -2.17. The number of hydrogen-bond acceptors (Lipinski definition) is 2. The largest absolute Gasteiger partial charge is 0.494 e. The van der Waals surface area contributed by atoms with E-state index in [1.54, 1.807) is 0 Å². The monoisotopic (exact) mass is 261 g/mol. The normalized spacial score (nSPS) is 19.8. The maximum absolute atomic E-state index is 12.3. The van der Waals surface area contributed by atoms with Crippen molar-refractivity contribution in [2.75, 3.05) is 11.9 Å². The molecule has 0 aliphatic heterocycles. The molecule has 1 fully saturated rings. The van der Waals surface area contributed by atoms with Gasteiger partial charge >= 0.3 is 0 Å². The fourth-order valence-electron chi connectivity index (χ4n) is 2.87. The molecular weight excluding hydrogens is 238 g/mol. The van der Waals surface area contributed by atoms with E-state index in [0.717, 1.165) is 11.4 Å². The third-order valence-corrected chi connectivity index (χ3v) is 4.72. The number of hydrogen-bond donors (Lipinski definition) is 1. The van der Waals surface area contributed by atoms with Crippen LogP contribution in [0.1, 0.15) is 34.6 Å². The maximum Gasteiger partial charge on any atom is 0.228 e. The van der Waals surface area contributed by atoms with Crippen LogP contribution in [0.15, 0.2) is 24.3 Å². The molecule has 1 N–H and O–H groups in total. The SMILES string of the molecule is CCOc1ccc(NC(=O)C2C(C)(C)C2(C)C)cc1. The van der Waals surface area contributed by atoms with Crippen LogP contribution in [0.5, 0.6) is 5.75 Å². The lowest BCUT2D eigenvalue weighted by molar-refractivity contribution is -0.118. The summed E-state index contributed by atoms with van der Waals surface area (Å²) in [5.74, 6) is 1.01. The fraction of sp³-hybridized carbons (Fsp3) is 0.562. The predicted octanol–water partition coefficient (Wildman–Crippen LogP) is 3.71. The van der Waals surface area contributed by atoms with Crippen molar-refractivity contribution in [3.05, 3.63) is 24.3 Å². The smallest absolute Gasteiger partial charge is 0.228 e. The van der Waals surface area contributed by atoms with Crippen LogP contribution in [0.4, 0.5) is 5.69 Å². The molecule has 0 aromatic heterocycles. The van der Waals surface area contributed by atoms with E-state index in [-0.39, 0.29) is 22.7 Å². The van der Waals surface area contributed by atoms with Crippen molar-refractivity contribution < 1.29 is 9.53 Å². The van der Waals surface area contributed by atoms with E-state index >= 15 is 0 Å². The van der Waals surface area contributed by atoms with E-state index in [4.69, 9.17) is 4.74 Å². The zero-order chi connectivity index (χ0) is 14.3. The maximum atomic E-state index is 12.3. The topological polar surface area (TPSA) is 38.3 Å². The molecule has 1 amide bonds. The van der Waals surface area contributed by atoms with Gasteiger partial charge in [-0.2, -0.15) is 0 Å². The molecule has 3 heteroatoms. The summed E-state index contributed by atoms with van der Waals surface area (Å²) in [5, 5.41) is 2.99. The van der Waals surface area contributed by atoms with E-state index in [2.05, 4.69) is 33.0 Å². The molecule has 0 radical (unpaired) electrons. The van der Waals surface area contributed by atoms with Gasteiger partial charge in [0.2, 0.25) is 5.91 Å². The molecule has 1 aliphatic rings. The zero-order valence-electron chi connectivity index (χ0n) is 12.4. The standard InChI is InChI=1S/C16H23NO2/c1-6-19-12-9-7-11(8-10-12)17-14(18)13-15(2,3)16(13,4)5/h7-10,13H,6H2,1-5H3,(H,17,18). The summed E-state index contributed by atoms with van der Waals surface area (Å²) in [4.78, 5) is 12.3. The number of rotatable bonds is 4. The summed E-state index contributed by atoms with van der Waals surface area (Å²) in [6.45, 7) is 11.2. The molecule has 1 aromatic carbocycles. The van der Waals surface area contributed by atoms with Gasteiger partial charge in [0, 0.05) is 11.6 Å². The van der Waals surface area contributed by atoms with Crippen LogP contribution >= 0.6 is 0 Å². The molecule has 1 aromatic rings. The van der Waals surface area contributed by atoms with Crippen molar-refractivity contribution in [1.82, 2.24) is 0 Å². The third-order valence-electron chi connectivity index (χ3n) is 4.72. The second kappa shape index (κ2) is 4.55. The second-order valence-corrected chi connectivity index (χ2v) is 6.32. The molecule has 0 spiro atoms. The summed E-state index contributed by atoms with van der Waals surface area (Å²) >= 11 is 0. The van der Waals surface area contributed by atoms with Gasteiger partial charge in [0.05, 0.1) is 6.61 Å². The lowest BCUT2D eigenvalue weighted by Gasteiger charge is -2.08. The molecule has 0 heterocycles. The Hall–Kier alpha value is -1.51. The van der Waals surface area contributed by atoms with Gasteiger partial charge in [-0.1, -0.05) is 27.7 Å². The number of benzene rings is 1. The Bertz CT molecular complexity index is 460. The van der Waals surface area contributed by atoms with Crippen LogP contribution in [0.3, 0.4) is 0 Å². The summed E-state index contributed by atoms with van der Waals surface area (Å²) in [6.07, 6.45) is 0. The molecule has 19 heavy (non-hydrogen) atoms. The van der Waals surface area contributed by atoms with Crippen molar-refractivity contribution in [3.8, 4) is 5.75 Å². The number of carbonyl (C=O) groups is 1. The van der Waals surface area contributed by atoms with Gasteiger partial charge in [0.25, 0.3) is 0 Å². The number of carbonyl (C=O) groups excluding carboxylic acids is 1. The molecule has 2 rings (SSSR count). The minimum Gasteiger partial charge on any atom is -0.494 e. The fourth-order valence-corrected chi connectivity index (χ4v) is 2.87. The van der Waals surface area contributed by atoms with E-state index in [1.807, 2.05) is 31.2 Å². The van der Waals surface area contributed by atoms with Gasteiger partial charge in [-0.25, -0.2) is 0 Å². The Labute approximate surface area is 115 Å². The quantitative estimate of drug-likeness (QED) is 0.897. The molecular formula is C16H23NO2. The van der Waals surface area contributed by atoms with E-state index < -0.39 is 0 Å². The summed E-state index contributed by atoms with van der Waals surface area (Å²) < 4.78 is 5.38. The first-order valence-electron chi connectivity index (χ1n) is 6.84. The number of nitrogens with one attached hydrogen (secondary N) is 1. The van der Waals surface area contributed by atoms with Crippen LogP contribution in [-0.2, 0) is 4.79 Å². The van der Waals surface area contributed by atoms with Crippen LogP contribution < -0.4 is 10.1 Å².